The first-order valence-corrected chi connectivity index (χ1v) is 6.43. The van der Waals surface area contributed by atoms with Crippen molar-refractivity contribution in [3.63, 3.8) is 0 Å². The molecule has 2 heterocycles. The highest BCUT2D eigenvalue weighted by Gasteiger charge is 2.10. The van der Waals surface area contributed by atoms with Crippen LogP contribution in [0.2, 0.25) is 5.28 Å². The van der Waals surface area contributed by atoms with Crippen molar-refractivity contribution in [1.29, 1.82) is 0 Å². The molecule has 0 amide bonds. The zero-order valence-corrected chi connectivity index (χ0v) is 11.9. The minimum atomic E-state index is 0.162. The molecule has 0 unspecified atom stereocenters. The smallest absolute Gasteiger partial charge is 0.234 e. The van der Waals surface area contributed by atoms with Crippen LogP contribution in [0.1, 0.15) is 13.8 Å². The van der Waals surface area contributed by atoms with Crippen LogP contribution in [-0.4, -0.2) is 37.8 Å². The van der Waals surface area contributed by atoms with Crippen molar-refractivity contribution < 1.29 is 0 Å². The number of aryl methyl sites for hydroxylation is 1. The summed E-state index contributed by atoms with van der Waals surface area (Å²) >= 11 is 5.92. The number of halogens is 1. The van der Waals surface area contributed by atoms with Crippen LogP contribution in [0.15, 0.2) is 12.3 Å². The first-order chi connectivity index (χ1) is 9.12. The van der Waals surface area contributed by atoms with Gasteiger partial charge >= 0.3 is 0 Å². The van der Waals surface area contributed by atoms with E-state index in [2.05, 4.69) is 25.4 Å². The molecule has 0 spiro atoms. The van der Waals surface area contributed by atoms with E-state index in [9.17, 15) is 0 Å². The number of nitrogens with one attached hydrogen (secondary N) is 1. The third-order valence-electron chi connectivity index (χ3n) is 2.60. The van der Waals surface area contributed by atoms with Gasteiger partial charge in [0.15, 0.2) is 5.82 Å². The second kappa shape index (κ2) is 5.83. The molecule has 2 aromatic heterocycles. The summed E-state index contributed by atoms with van der Waals surface area (Å²) in [5.41, 5.74) is 0. The first kappa shape index (κ1) is 13.5. The summed E-state index contributed by atoms with van der Waals surface area (Å²) in [6.07, 6.45) is 1.83. The topological polar surface area (TPSA) is 71.8 Å². The molecule has 0 aliphatic heterocycles. The molecule has 0 aliphatic rings. The van der Waals surface area contributed by atoms with Crippen molar-refractivity contribution in [2.24, 2.45) is 7.05 Å². The molecule has 2 rings (SSSR count). The highest BCUT2D eigenvalue weighted by molar-refractivity contribution is 6.28. The normalized spacial score (nSPS) is 10.5. The molecule has 0 aromatic carbocycles. The Labute approximate surface area is 116 Å². The molecule has 1 N–H and O–H groups in total. The molecular formula is C11H16ClN7. The van der Waals surface area contributed by atoms with Crippen molar-refractivity contribution in [2.75, 3.05) is 23.3 Å². The fourth-order valence-corrected chi connectivity index (χ4v) is 1.80. The zero-order chi connectivity index (χ0) is 13.8. The maximum absolute atomic E-state index is 5.92. The van der Waals surface area contributed by atoms with Crippen LogP contribution in [0, 0.1) is 0 Å². The minimum Gasteiger partial charge on any atom is -0.341 e. The zero-order valence-electron chi connectivity index (χ0n) is 11.1. The van der Waals surface area contributed by atoms with Crippen molar-refractivity contribution >= 4 is 29.3 Å². The van der Waals surface area contributed by atoms with Gasteiger partial charge in [-0.2, -0.15) is 20.1 Å². The third kappa shape index (κ3) is 3.31. The van der Waals surface area contributed by atoms with Gasteiger partial charge in [-0.25, -0.2) is 0 Å². The van der Waals surface area contributed by atoms with E-state index in [0.717, 1.165) is 13.1 Å². The summed E-state index contributed by atoms with van der Waals surface area (Å²) in [4.78, 5) is 14.5. The summed E-state index contributed by atoms with van der Waals surface area (Å²) in [5, 5.41) is 7.37. The van der Waals surface area contributed by atoms with E-state index in [4.69, 9.17) is 11.6 Å². The van der Waals surface area contributed by atoms with Gasteiger partial charge in [0.25, 0.3) is 0 Å². The molecule has 0 bridgehead atoms. The molecule has 0 fully saturated rings. The van der Waals surface area contributed by atoms with E-state index in [1.54, 1.807) is 4.68 Å². The first-order valence-electron chi connectivity index (χ1n) is 6.05. The standard InChI is InChI=1S/C11H16ClN7/c1-4-19(5-2)11-15-9(12)14-10(16-11)13-8-6-7-18(3)17-8/h6-7H,4-5H2,1-3H3,(H,13,14,15,16,17). The molecule has 0 saturated carbocycles. The van der Waals surface area contributed by atoms with E-state index in [0.29, 0.717) is 17.7 Å². The van der Waals surface area contributed by atoms with Gasteiger partial charge in [0.2, 0.25) is 17.2 Å². The van der Waals surface area contributed by atoms with Crippen molar-refractivity contribution in [1.82, 2.24) is 24.7 Å². The molecule has 0 saturated heterocycles. The van der Waals surface area contributed by atoms with E-state index < -0.39 is 0 Å². The van der Waals surface area contributed by atoms with Gasteiger partial charge in [0.05, 0.1) is 0 Å². The highest BCUT2D eigenvalue weighted by Crippen LogP contribution is 2.16. The molecule has 0 atom stereocenters. The van der Waals surface area contributed by atoms with Gasteiger partial charge in [-0.1, -0.05) is 0 Å². The summed E-state index contributed by atoms with van der Waals surface area (Å²) < 4.78 is 1.69. The Balaban J connectivity index is 2.25. The van der Waals surface area contributed by atoms with Gasteiger partial charge in [0, 0.05) is 32.4 Å². The van der Waals surface area contributed by atoms with E-state index in [-0.39, 0.29) is 5.28 Å². The van der Waals surface area contributed by atoms with Gasteiger partial charge < -0.3 is 10.2 Å². The Morgan fingerprint density at radius 3 is 2.58 bits per heavy atom. The molecule has 2 aromatic rings. The summed E-state index contributed by atoms with van der Waals surface area (Å²) in [7, 11) is 1.84. The summed E-state index contributed by atoms with van der Waals surface area (Å²) in [6, 6.07) is 1.83. The average Bonchev–Trinajstić information content (AvgIpc) is 2.75. The van der Waals surface area contributed by atoms with Crippen LogP contribution in [0.5, 0.6) is 0 Å². The Morgan fingerprint density at radius 1 is 1.26 bits per heavy atom. The number of hydrogen-bond acceptors (Lipinski definition) is 6. The quantitative estimate of drug-likeness (QED) is 0.902. The van der Waals surface area contributed by atoms with Gasteiger partial charge in [-0.05, 0) is 25.4 Å². The predicted molar refractivity (Wildman–Crippen MR) is 74.9 cm³/mol. The van der Waals surface area contributed by atoms with Gasteiger partial charge in [0.1, 0.15) is 0 Å². The minimum absolute atomic E-state index is 0.162. The maximum Gasteiger partial charge on any atom is 0.234 e. The predicted octanol–water partition coefficient (Wildman–Crippen LogP) is 1.85. The van der Waals surface area contributed by atoms with Crippen molar-refractivity contribution in [3.8, 4) is 0 Å². The van der Waals surface area contributed by atoms with Gasteiger partial charge in [-0.3, -0.25) is 4.68 Å². The van der Waals surface area contributed by atoms with Crippen LogP contribution in [-0.2, 0) is 7.05 Å². The lowest BCUT2D eigenvalue weighted by Crippen LogP contribution is -2.24. The van der Waals surface area contributed by atoms with Gasteiger partial charge in [-0.15, -0.1) is 0 Å². The van der Waals surface area contributed by atoms with Crippen LogP contribution >= 0.6 is 11.6 Å². The average molecular weight is 282 g/mol. The van der Waals surface area contributed by atoms with Crippen LogP contribution in [0.3, 0.4) is 0 Å². The molecule has 7 nitrogen and oxygen atoms in total. The SMILES string of the molecule is CCN(CC)c1nc(Cl)nc(Nc2ccn(C)n2)n1. The van der Waals surface area contributed by atoms with E-state index >= 15 is 0 Å². The second-order valence-corrected chi connectivity index (χ2v) is 4.24. The Bertz CT molecular complexity index is 550. The fraction of sp³-hybridized carbons (Fsp3) is 0.455. The van der Waals surface area contributed by atoms with Crippen LogP contribution in [0.25, 0.3) is 0 Å². The number of rotatable bonds is 5. The molecule has 0 radical (unpaired) electrons. The van der Waals surface area contributed by atoms with E-state index in [1.165, 1.54) is 0 Å². The van der Waals surface area contributed by atoms with Crippen molar-refractivity contribution in [2.45, 2.75) is 13.8 Å². The number of aromatic nitrogens is 5. The lowest BCUT2D eigenvalue weighted by Gasteiger charge is -2.18. The number of anilines is 3. The van der Waals surface area contributed by atoms with Crippen LogP contribution < -0.4 is 10.2 Å². The maximum atomic E-state index is 5.92. The Morgan fingerprint density at radius 2 is 2.00 bits per heavy atom. The number of nitrogens with zero attached hydrogens (tertiary/aromatic N) is 6. The molecule has 19 heavy (non-hydrogen) atoms. The lowest BCUT2D eigenvalue weighted by molar-refractivity contribution is 0.770. The Hall–Kier alpha value is -1.89. The molecule has 0 aliphatic carbocycles. The summed E-state index contributed by atoms with van der Waals surface area (Å²) in [6.45, 7) is 5.68. The van der Waals surface area contributed by atoms with Crippen LogP contribution in [0.4, 0.5) is 17.7 Å². The third-order valence-corrected chi connectivity index (χ3v) is 2.77. The summed E-state index contributed by atoms with van der Waals surface area (Å²) in [5.74, 6) is 1.61. The van der Waals surface area contributed by atoms with Crippen molar-refractivity contribution in [3.05, 3.63) is 17.5 Å². The highest BCUT2D eigenvalue weighted by atomic mass is 35.5. The lowest BCUT2D eigenvalue weighted by atomic mass is 10.5. The number of hydrogen-bond donors (Lipinski definition) is 1. The second-order valence-electron chi connectivity index (χ2n) is 3.90. The fourth-order valence-electron chi connectivity index (χ4n) is 1.64. The molecular weight excluding hydrogens is 266 g/mol. The Kier molecular flexibility index (Phi) is 4.16. The largest absolute Gasteiger partial charge is 0.341 e. The molecule has 8 heteroatoms. The van der Waals surface area contributed by atoms with E-state index in [1.807, 2.05) is 38.1 Å². The monoisotopic (exact) mass is 281 g/mol. The molecule has 102 valence electrons.